The van der Waals surface area contributed by atoms with E-state index in [0.717, 1.165) is 24.7 Å². The summed E-state index contributed by atoms with van der Waals surface area (Å²) in [6.07, 6.45) is 3.39. The predicted octanol–water partition coefficient (Wildman–Crippen LogP) is 6.11. The molecule has 1 aliphatic carbocycles. The molecule has 1 aromatic heterocycles. The number of rotatable bonds is 7. The van der Waals surface area contributed by atoms with Gasteiger partial charge in [-0.1, -0.05) is 17.7 Å². The summed E-state index contributed by atoms with van der Waals surface area (Å²) in [4.78, 5) is 13.5. The Kier molecular flexibility index (Phi) is 7.09. The van der Waals surface area contributed by atoms with Gasteiger partial charge in [0.1, 0.15) is 17.2 Å². The van der Waals surface area contributed by atoms with Crippen molar-refractivity contribution in [1.82, 2.24) is 5.32 Å². The van der Waals surface area contributed by atoms with Gasteiger partial charge in [-0.05, 0) is 90.7 Å². The van der Waals surface area contributed by atoms with Crippen molar-refractivity contribution in [2.45, 2.75) is 37.6 Å². The van der Waals surface area contributed by atoms with Gasteiger partial charge in [-0.3, -0.25) is 9.52 Å². The molecule has 8 nitrogen and oxygen atoms in total. The van der Waals surface area contributed by atoms with Gasteiger partial charge < -0.3 is 19.4 Å². The zero-order valence-corrected chi connectivity index (χ0v) is 23.9. The Bertz CT molecular complexity index is 1790. The maximum Gasteiger partial charge on any atom is 0.454 e. The van der Waals surface area contributed by atoms with Gasteiger partial charge in [-0.2, -0.15) is 0 Å². The highest BCUT2D eigenvalue weighted by Gasteiger charge is 2.35. The van der Waals surface area contributed by atoms with E-state index in [-0.39, 0.29) is 28.0 Å². The number of hydrogen-bond acceptors (Lipinski definition) is 6. The van der Waals surface area contributed by atoms with E-state index in [1.807, 2.05) is 12.1 Å². The molecule has 1 saturated heterocycles. The molecular formula is C29H27BClFN2O6S. The first-order chi connectivity index (χ1) is 19.5. The second-order valence-corrected chi connectivity index (χ2v) is 12.7. The molecule has 1 amide bonds. The lowest BCUT2D eigenvalue weighted by Crippen LogP contribution is -2.18. The maximum absolute atomic E-state index is 13.8. The van der Waals surface area contributed by atoms with Crippen molar-refractivity contribution in [1.29, 1.82) is 0 Å². The Morgan fingerprint density at radius 1 is 1.10 bits per heavy atom. The second kappa shape index (κ2) is 10.5. The molecule has 6 rings (SSSR count). The van der Waals surface area contributed by atoms with Crippen LogP contribution in [0.25, 0.3) is 33.4 Å². The molecule has 1 aliphatic heterocycles. The van der Waals surface area contributed by atoms with Crippen molar-refractivity contribution in [3.05, 3.63) is 76.1 Å². The van der Waals surface area contributed by atoms with E-state index in [1.165, 1.54) is 25.2 Å². The Hall–Kier alpha value is -3.38. The lowest BCUT2D eigenvalue weighted by molar-refractivity contribution is 0.0964. The normalized spacial score (nSPS) is 17.3. The molecule has 0 bridgehead atoms. The molecule has 1 unspecified atom stereocenters. The molecule has 212 valence electrons. The van der Waals surface area contributed by atoms with Crippen LogP contribution >= 0.6 is 11.6 Å². The van der Waals surface area contributed by atoms with E-state index < -0.39 is 35.0 Å². The van der Waals surface area contributed by atoms with Gasteiger partial charge in [-0.15, -0.1) is 0 Å². The zero-order chi connectivity index (χ0) is 29.1. The van der Waals surface area contributed by atoms with E-state index in [4.69, 9.17) is 20.7 Å². The number of carbonyl (C=O) groups is 1. The van der Waals surface area contributed by atoms with Gasteiger partial charge >= 0.3 is 7.12 Å². The first kappa shape index (κ1) is 27.8. The summed E-state index contributed by atoms with van der Waals surface area (Å²) in [6, 6.07) is 12.7. The molecule has 12 heteroatoms. The molecule has 3 aromatic carbocycles. The number of benzene rings is 3. The molecule has 2 heterocycles. The largest absolute Gasteiger partial charge is 0.455 e. The average molecular weight is 597 g/mol. The van der Waals surface area contributed by atoms with Gasteiger partial charge in [0.15, 0.2) is 0 Å². The van der Waals surface area contributed by atoms with Crippen molar-refractivity contribution in [3.63, 3.8) is 0 Å². The molecule has 2 fully saturated rings. The molecule has 2 aliphatic rings. The van der Waals surface area contributed by atoms with Crippen LogP contribution in [0.15, 0.2) is 52.9 Å². The molecule has 41 heavy (non-hydrogen) atoms. The van der Waals surface area contributed by atoms with Crippen molar-refractivity contribution in [2.24, 2.45) is 0 Å². The van der Waals surface area contributed by atoms with Gasteiger partial charge in [0.2, 0.25) is 10.0 Å². The summed E-state index contributed by atoms with van der Waals surface area (Å²) >= 11 is 6.67. The highest BCUT2D eigenvalue weighted by molar-refractivity contribution is 7.92. The number of halogens is 2. The maximum atomic E-state index is 13.8. The minimum Gasteiger partial charge on any atom is -0.455 e. The molecular weight excluding hydrogens is 570 g/mol. The number of amides is 1. The number of carbonyl (C=O) groups excluding carboxylic acids is 1. The molecule has 3 N–H and O–H groups in total. The number of nitrogens with one attached hydrogen (secondary N) is 2. The second-order valence-electron chi connectivity index (χ2n) is 10.5. The third kappa shape index (κ3) is 5.35. The number of fused-ring (bicyclic) bond motifs is 1. The van der Waals surface area contributed by atoms with Gasteiger partial charge in [-0.25, -0.2) is 12.8 Å². The topological polar surface area (TPSA) is 118 Å². The third-order valence-electron chi connectivity index (χ3n) is 7.51. The summed E-state index contributed by atoms with van der Waals surface area (Å²) < 4.78 is 53.3. The fraction of sp³-hybridized carbons (Fsp3) is 0.276. The van der Waals surface area contributed by atoms with Crippen LogP contribution in [0.3, 0.4) is 0 Å². The van der Waals surface area contributed by atoms with E-state index >= 15 is 0 Å². The van der Waals surface area contributed by atoms with Crippen molar-refractivity contribution in [2.75, 3.05) is 18.0 Å². The third-order valence-corrected chi connectivity index (χ3v) is 8.43. The minimum atomic E-state index is -3.73. The van der Waals surface area contributed by atoms with Gasteiger partial charge in [0, 0.05) is 28.6 Å². The van der Waals surface area contributed by atoms with E-state index in [0.29, 0.717) is 46.0 Å². The lowest BCUT2D eigenvalue weighted by Gasteiger charge is -2.21. The highest BCUT2D eigenvalue weighted by Crippen LogP contribution is 2.52. The fourth-order valence-corrected chi connectivity index (χ4v) is 6.41. The van der Waals surface area contributed by atoms with Crippen molar-refractivity contribution < 1.29 is 31.7 Å². The fourth-order valence-electron chi connectivity index (χ4n) is 5.55. The predicted molar refractivity (Wildman–Crippen MR) is 157 cm³/mol. The van der Waals surface area contributed by atoms with Crippen molar-refractivity contribution in [3.8, 4) is 22.5 Å². The summed E-state index contributed by atoms with van der Waals surface area (Å²) in [5.74, 6) is -0.368. The summed E-state index contributed by atoms with van der Waals surface area (Å²) in [5.41, 5.74) is 4.09. The molecule has 0 spiro atoms. The van der Waals surface area contributed by atoms with Crippen LogP contribution < -0.4 is 10.0 Å². The van der Waals surface area contributed by atoms with Gasteiger partial charge in [0.25, 0.3) is 5.91 Å². The number of furan rings is 1. The SMILES string of the molecule is CNC(=O)c1c(-c2ccc(F)cc2)oc2ccc(C3CC3)c(-c3cc(C4CCB(O)O4)c(Cl)cc3NS(C)(=O)=O)c12. The van der Waals surface area contributed by atoms with Crippen molar-refractivity contribution >= 4 is 51.3 Å². The number of hydrogen-bond donors (Lipinski definition) is 3. The summed E-state index contributed by atoms with van der Waals surface area (Å²) in [6.45, 7) is 0. The Labute approximate surface area is 242 Å². The Morgan fingerprint density at radius 3 is 2.44 bits per heavy atom. The van der Waals surface area contributed by atoms with E-state index in [1.54, 1.807) is 18.2 Å². The zero-order valence-electron chi connectivity index (χ0n) is 22.3. The molecule has 1 atom stereocenters. The Morgan fingerprint density at radius 2 is 1.83 bits per heavy atom. The smallest absolute Gasteiger partial charge is 0.454 e. The van der Waals surface area contributed by atoms with E-state index in [2.05, 4.69) is 10.0 Å². The van der Waals surface area contributed by atoms with Crippen LogP contribution in [0.1, 0.15) is 52.8 Å². The molecule has 0 radical (unpaired) electrons. The van der Waals surface area contributed by atoms with Crippen LogP contribution in [0.4, 0.5) is 10.1 Å². The number of sulfonamides is 1. The minimum absolute atomic E-state index is 0.200. The molecule has 1 saturated carbocycles. The van der Waals surface area contributed by atoms with Crippen LogP contribution in [0, 0.1) is 5.82 Å². The standard InChI is InChI=1S/C29H27BClFN2O6S/c1-33-29(35)27-26-24(39-28(27)16-5-7-17(32)8-6-16)10-9-18(15-3-4-15)25(26)20-13-19(23-11-12-30(36)40-23)21(31)14-22(20)34-41(2,37)38/h5-10,13-15,23,34,36H,3-4,11-12H2,1-2H3,(H,33,35). The molecule has 4 aromatic rings. The quantitative estimate of drug-likeness (QED) is 0.222. The van der Waals surface area contributed by atoms with E-state index in [9.17, 15) is 22.6 Å². The lowest BCUT2D eigenvalue weighted by atomic mass is 9.86. The van der Waals surface area contributed by atoms with Crippen LogP contribution in [-0.2, 0) is 14.7 Å². The van der Waals surface area contributed by atoms with Gasteiger partial charge in [0.05, 0.1) is 23.6 Å². The summed E-state index contributed by atoms with van der Waals surface area (Å²) in [7, 11) is -3.14. The highest BCUT2D eigenvalue weighted by atomic mass is 35.5. The average Bonchev–Trinajstić information content (AvgIpc) is 3.56. The first-order valence-electron chi connectivity index (χ1n) is 13.3. The monoisotopic (exact) mass is 596 g/mol. The van der Waals surface area contributed by atoms with Crippen LogP contribution in [-0.4, -0.2) is 39.8 Å². The first-order valence-corrected chi connectivity index (χ1v) is 15.5. The van der Waals surface area contributed by atoms with Crippen LogP contribution in [0.5, 0.6) is 0 Å². The van der Waals surface area contributed by atoms with Crippen LogP contribution in [0.2, 0.25) is 11.3 Å². The summed E-state index contributed by atoms with van der Waals surface area (Å²) in [5, 5.41) is 13.5. The Balaban J connectivity index is 1.70. The number of anilines is 1.